The molecule has 0 bridgehead atoms. The van der Waals surface area contributed by atoms with E-state index in [4.69, 9.17) is 5.73 Å². The van der Waals surface area contributed by atoms with Gasteiger partial charge in [0.1, 0.15) is 0 Å². The van der Waals surface area contributed by atoms with E-state index in [2.05, 4.69) is 46.1 Å². The molecule has 1 fully saturated rings. The Labute approximate surface area is 142 Å². The highest BCUT2D eigenvalue weighted by atomic mass is 127. The van der Waals surface area contributed by atoms with Crippen molar-refractivity contribution in [1.29, 1.82) is 0 Å². The third-order valence-corrected chi connectivity index (χ3v) is 4.12. The van der Waals surface area contributed by atoms with Gasteiger partial charge in [-0.05, 0) is 37.8 Å². The number of hydrogen-bond donors (Lipinski definition) is 2. The average Bonchev–Trinajstić information content (AvgIpc) is 3.23. The van der Waals surface area contributed by atoms with Crippen molar-refractivity contribution >= 4 is 40.8 Å². The predicted molar refractivity (Wildman–Crippen MR) is 99.4 cm³/mol. The van der Waals surface area contributed by atoms with Crippen molar-refractivity contribution in [2.24, 2.45) is 10.7 Å². The molecule has 5 heteroatoms. The lowest BCUT2D eigenvalue weighted by Crippen LogP contribution is -2.35. The lowest BCUT2D eigenvalue weighted by atomic mass is 10.1. The normalized spacial score (nSPS) is 15.0. The summed E-state index contributed by atoms with van der Waals surface area (Å²) in [5.41, 5.74) is 9.80. The number of aryl methyl sites for hydroxylation is 1. The van der Waals surface area contributed by atoms with E-state index in [0.29, 0.717) is 12.0 Å². The molecular weight excluding hydrogens is 375 g/mol. The van der Waals surface area contributed by atoms with Crippen molar-refractivity contribution in [2.75, 3.05) is 13.6 Å². The zero-order valence-corrected chi connectivity index (χ0v) is 14.9. The Morgan fingerprint density at radius 3 is 2.81 bits per heavy atom. The molecule has 1 aliphatic carbocycles. The van der Waals surface area contributed by atoms with Crippen LogP contribution in [0.4, 0.5) is 0 Å². The maximum absolute atomic E-state index is 6.02. The zero-order valence-electron chi connectivity index (χ0n) is 12.6. The van der Waals surface area contributed by atoms with Gasteiger partial charge in [0.05, 0.1) is 0 Å². The summed E-state index contributed by atoms with van der Waals surface area (Å²) in [6.45, 7) is 2.87. The molecule has 0 amide bonds. The molecule has 0 unspecified atom stereocenters. The highest BCUT2D eigenvalue weighted by Crippen LogP contribution is 2.25. The average molecular weight is 398 g/mol. The first-order chi connectivity index (χ1) is 9.66. The highest BCUT2D eigenvalue weighted by Gasteiger charge is 2.27. The van der Waals surface area contributed by atoms with Crippen LogP contribution in [0.5, 0.6) is 0 Å². The van der Waals surface area contributed by atoms with Crippen LogP contribution in [-0.2, 0) is 6.42 Å². The van der Waals surface area contributed by atoms with Crippen molar-refractivity contribution < 1.29 is 0 Å². The Balaban J connectivity index is 0.00000161. The number of aliphatic imine (C=N–C) groups is 1. The summed E-state index contributed by atoms with van der Waals surface area (Å²) in [6, 6.07) is 9.04. The molecule has 3 rings (SSSR count). The molecule has 114 valence electrons. The van der Waals surface area contributed by atoms with Gasteiger partial charge in [0.15, 0.2) is 5.96 Å². The van der Waals surface area contributed by atoms with Crippen LogP contribution in [0.1, 0.15) is 24.1 Å². The Bertz CT molecular complexity index is 643. The number of rotatable bonds is 4. The number of fused-ring (bicyclic) bond motifs is 1. The SMILES string of the molecule is Cc1[nH]c2ccccc2c1CCN=C(N)N(C)C1CC1.I. The Kier molecular flexibility index (Phi) is 5.13. The van der Waals surface area contributed by atoms with E-state index in [0.717, 1.165) is 13.0 Å². The number of aromatic amines is 1. The molecule has 3 N–H and O–H groups in total. The molecule has 0 spiro atoms. The number of nitrogens with two attached hydrogens (primary N) is 1. The molecule has 1 aromatic carbocycles. The van der Waals surface area contributed by atoms with E-state index in [-0.39, 0.29) is 24.0 Å². The van der Waals surface area contributed by atoms with Crippen LogP contribution < -0.4 is 5.73 Å². The molecule has 1 heterocycles. The van der Waals surface area contributed by atoms with Gasteiger partial charge in [-0.15, -0.1) is 24.0 Å². The minimum absolute atomic E-state index is 0. The largest absolute Gasteiger partial charge is 0.370 e. The Hall–Kier alpha value is -1.24. The first-order valence-electron chi connectivity index (χ1n) is 7.25. The van der Waals surface area contributed by atoms with Crippen molar-refractivity contribution in [1.82, 2.24) is 9.88 Å². The maximum Gasteiger partial charge on any atom is 0.191 e. The van der Waals surface area contributed by atoms with Crippen molar-refractivity contribution in [2.45, 2.75) is 32.2 Å². The van der Waals surface area contributed by atoms with E-state index in [1.807, 2.05) is 7.05 Å². The van der Waals surface area contributed by atoms with Crippen LogP contribution in [0.3, 0.4) is 0 Å². The first kappa shape index (κ1) is 16.1. The monoisotopic (exact) mass is 398 g/mol. The number of nitrogens with zero attached hydrogens (tertiary/aromatic N) is 2. The lowest BCUT2D eigenvalue weighted by Gasteiger charge is -2.16. The maximum atomic E-state index is 6.02. The van der Waals surface area contributed by atoms with Crippen LogP contribution in [-0.4, -0.2) is 35.5 Å². The summed E-state index contributed by atoms with van der Waals surface area (Å²) in [6.07, 6.45) is 3.41. The fourth-order valence-electron chi connectivity index (χ4n) is 2.70. The van der Waals surface area contributed by atoms with Crippen LogP contribution in [0.2, 0.25) is 0 Å². The molecule has 1 aromatic heterocycles. The third kappa shape index (κ3) is 3.51. The molecule has 2 aromatic rings. The number of benzene rings is 1. The first-order valence-corrected chi connectivity index (χ1v) is 7.25. The molecular formula is C16H23IN4. The quantitative estimate of drug-likeness (QED) is 0.473. The van der Waals surface area contributed by atoms with Gasteiger partial charge in [-0.3, -0.25) is 4.99 Å². The molecule has 21 heavy (non-hydrogen) atoms. The number of nitrogens with one attached hydrogen (secondary N) is 1. The smallest absolute Gasteiger partial charge is 0.191 e. The number of aromatic nitrogens is 1. The third-order valence-electron chi connectivity index (χ3n) is 4.12. The summed E-state index contributed by atoms with van der Waals surface area (Å²) in [5, 5.41) is 1.30. The van der Waals surface area contributed by atoms with Crippen molar-refractivity contribution in [3.8, 4) is 0 Å². The zero-order chi connectivity index (χ0) is 14.1. The van der Waals surface area contributed by atoms with Gasteiger partial charge < -0.3 is 15.6 Å². The van der Waals surface area contributed by atoms with E-state index in [9.17, 15) is 0 Å². The van der Waals surface area contributed by atoms with Gasteiger partial charge in [-0.25, -0.2) is 0 Å². The van der Waals surface area contributed by atoms with Gasteiger partial charge in [0.2, 0.25) is 0 Å². The van der Waals surface area contributed by atoms with Crippen LogP contribution in [0, 0.1) is 6.92 Å². The second kappa shape index (κ2) is 6.68. The molecule has 1 saturated carbocycles. The molecule has 1 aliphatic rings. The molecule has 0 radical (unpaired) electrons. The van der Waals surface area contributed by atoms with Gasteiger partial charge in [-0.2, -0.15) is 0 Å². The number of hydrogen-bond acceptors (Lipinski definition) is 1. The van der Waals surface area contributed by atoms with E-state index in [1.54, 1.807) is 0 Å². The second-order valence-corrected chi connectivity index (χ2v) is 5.61. The molecule has 0 atom stereocenters. The highest BCUT2D eigenvalue weighted by molar-refractivity contribution is 14.0. The minimum Gasteiger partial charge on any atom is -0.370 e. The summed E-state index contributed by atoms with van der Waals surface area (Å²) in [4.78, 5) is 10.0. The van der Waals surface area contributed by atoms with Crippen molar-refractivity contribution in [3.63, 3.8) is 0 Å². The lowest BCUT2D eigenvalue weighted by molar-refractivity contribution is 0.487. The van der Waals surface area contributed by atoms with E-state index in [1.165, 1.54) is 35.0 Å². The number of guanidine groups is 1. The van der Waals surface area contributed by atoms with Gasteiger partial charge in [-0.1, -0.05) is 18.2 Å². The van der Waals surface area contributed by atoms with Gasteiger partial charge in [0.25, 0.3) is 0 Å². The van der Waals surface area contributed by atoms with Crippen LogP contribution >= 0.6 is 24.0 Å². The van der Waals surface area contributed by atoms with Crippen LogP contribution in [0.15, 0.2) is 29.3 Å². The summed E-state index contributed by atoms with van der Waals surface area (Å²) < 4.78 is 0. The van der Waals surface area contributed by atoms with Crippen molar-refractivity contribution in [3.05, 3.63) is 35.5 Å². The molecule has 0 saturated heterocycles. The second-order valence-electron chi connectivity index (χ2n) is 5.61. The summed E-state index contributed by atoms with van der Waals surface area (Å²) in [7, 11) is 2.04. The Morgan fingerprint density at radius 1 is 1.38 bits per heavy atom. The number of halogens is 1. The predicted octanol–water partition coefficient (Wildman–Crippen LogP) is 3.05. The minimum atomic E-state index is 0. The molecule has 4 nitrogen and oxygen atoms in total. The summed E-state index contributed by atoms with van der Waals surface area (Å²) in [5.74, 6) is 0.671. The Morgan fingerprint density at radius 2 is 2.10 bits per heavy atom. The van der Waals surface area contributed by atoms with Crippen LogP contribution in [0.25, 0.3) is 10.9 Å². The number of H-pyrrole nitrogens is 1. The molecule has 0 aliphatic heterocycles. The van der Waals surface area contributed by atoms with Gasteiger partial charge in [0, 0.05) is 36.2 Å². The van der Waals surface area contributed by atoms with Gasteiger partial charge >= 0.3 is 0 Å². The summed E-state index contributed by atoms with van der Waals surface area (Å²) >= 11 is 0. The standard InChI is InChI=1S/C16H22N4.HI/c1-11-13(14-5-3-4-6-15(14)19-11)9-10-18-16(17)20(2)12-7-8-12;/h3-6,12,19H,7-10H2,1-2H3,(H2,17,18);1H. The van der Waals surface area contributed by atoms with E-state index < -0.39 is 0 Å². The fourth-order valence-corrected chi connectivity index (χ4v) is 2.70. The number of para-hydroxylation sites is 1. The fraction of sp³-hybridized carbons (Fsp3) is 0.438. The topological polar surface area (TPSA) is 57.4 Å². The van der Waals surface area contributed by atoms with E-state index >= 15 is 0 Å².